The van der Waals surface area contributed by atoms with E-state index in [9.17, 15) is 19.5 Å². The fraction of sp³-hybridized carbons (Fsp3) is 0.667. The molecule has 1 N–H and O–H groups in total. The van der Waals surface area contributed by atoms with Crippen LogP contribution in [0.25, 0.3) is 0 Å². The van der Waals surface area contributed by atoms with Gasteiger partial charge in [-0.1, -0.05) is 19.4 Å². The molecule has 6 rings (SSSR count). The first-order valence-corrected chi connectivity index (χ1v) is 15.7. The lowest BCUT2D eigenvalue weighted by atomic mass is 9.50. The van der Waals surface area contributed by atoms with Crippen molar-refractivity contribution in [1.82, 2.24) is 4.90 Å². The Morgan fingerprint density at radius 2 is 1.80 bits per heavy atom. The lowest BCUT2D eigenvalue weighted by Crippen LogP contribution is -2.74. The van der Waals surface area contributed by atoms with Crippen molar-refractivity contribution in [2.45, 2.75) is 120 Å². The Kier molecular flexibility index (Phi) is 7.74. The summed E-state index contributed by atoms with van der Waals surface area (Å²) in [4.78, 5) is 41.5. The molecule has 6 atom stereocenters. The van der Waals surface area contributed by atoms with Crippen molar-refractivity contribution in [2.75, 3.05) is 20.2 Å². The molecule has 3 aliphatic heterocycles. The minimum absolute atomic E-state index is 0.154. The van der Waals surface area contributed by atoms with E-state index in [0.717, 1.165) is 17.5 Å². The zero-order valence-electron chi connectivity index (χ0n) is 27.0. The van der Waals surface area contributed by atoms with E-state index in [4.69, 9.17) is 33.2 Å². The molecule has 2 saturated heterocycles. The molecule has 0 amide bonds. The van der Waals surface area contributed by atoms with E-state index in [1.807, 2.05) is 20.0 Å². The molecule has 12 heteroatoms. The summed E-state index contributed by atoms with van der Waals surface area (Å²) in [6.45, 7) is 11.3. The number of aliphatic hydroxyl groups is 1. The number of ether oxygens (including phenoxy) is 7. The number of carbonyl (C=O) groups excluding carboxylic acids is 3. The molecule has 2 aliphatic carbocycles. The number of nitrogens with zero attached hydrogens (tertiary/aromatic N) is 1. The zero-order valence-corrected chi connectivity index (χ0v) is 27.0. The van der Waals surface area contributed by atoms with Crippen LogP contribution in [-0.4, -0.2) is 89.6 Å². The van der Waals surface area contributed by atoms with Gasteiger partial charge in [0.15, 0.2) is 35.6 Å². The van der Waals surface area contributed by atoms with E-state index in [1.54, 1.807) is 46.8 Å². The largest absolute Gasteiger partial charge is 0.514 e. The van der Waals surface area contributed by atoms with Gasteiger partial charge in [0, 0.05) is 18.0 Å². The highest BCUT2D eigenvalue weighted by molar-refractivity contribution is 5.87. The summed E-state index contributed by atoms with van der Waals surface area (Å²) in [6.07, 6.45) is -0.0652. The van der Waals surface area contributed by atoms with Crippen LogP contribution in [0.3, 0.4) is 0 Å². The first-order chi connectivity index (χ1) is 21.1. The van der Waals surface area contributed by atoms with Crippen molar-refractivity contribution in [3.05, 3.63) is 35.1 Å². The summed E-state index contributed by atoms with van der Waals surface area (Å²) in [6, 6.07) is 3.33. The van der Waals surface area contributed by atoms with E-state index in [0.29, 0.717) is 31.6 Å². The van der Waals surface area contributed by atoms with Crippen LogP contribution in [0, 0.1) is 0 Å². The second-order valence-electron chi connectivity index (χ2n) is 14.1. The van der Waals surface area contributed by atoms with Crippen LogP contribution >= 0.6 is 0 Å². The number of likely N-dealkylation sites (N-methyl/N-ethyl adjacent to an activating group) is 1. The van der Waals surface area contributed by atoms with E-state index >= 15 is 0 Å². The number of unbranched alkanes of at least 4 members (excludes halogenated alkanes) is 1. The third-order valence-electron chi connectivity index (χ3n) is 9.44. The Bertz CT molecular complexity index is 1430. The first-order valence-electron chi connectivity index (χ1n) is 15.7. The molecule has 1 aromatic rings. The number of esters is 2. The summed E-state index contributed by atoms with van der Waals surface area (Å²) < 4.78 is 40.6. The van der Waals surface area contributed by atoms with Crippen LogP contribution in [0.4, 0.5) is 4.79 Å². The number of likely N-dealkylation sites (tertiary alicyclic amines) is 1. The predicted octanol–water partition coefficient (Wildman–Crippen LogP) is 3.68. The second kappa shape index (κ2) is 11.0. The fourth-order valence-corrected chi connectivity index (χ4v) is 7.55. The maximum Gasteiger partial charge on any atom is 0.514 e. The van der Waals surface area contributed by atoms with E-state index in [2.05, 4.69) is 4.90 Å². The van der Waals surface area contributed by atoms with Gasteiger partial charge in [0.1, 0.15) is 11.4 Å². The standard InChI is InChI=1S/C33H43NO11/c1-8-9-16-39-27(35)24-25(44-31(5,6)43-24)28(36)40-20-12-13-33(38)21-17-18-10-11-19(41-29(37)45-30(2,3)4)23-22(18)32(33,26(20)42-23)14-15-34(21)7/h10-12,21,24-26,38H,8-9,13-17H2,1-7H3/t21-,24?,25-,26+,32+,33-/m1/s1. The third-order valence-corrected chi connectivity index (χ3v) is 9.44. The molecule has 0 aromatic heterocycles. The van der Waals surface area contributed by atoms with Crippen LogP contribution in [-0.2, 0) is 45.1 Å². The van der Waals surface area contributed by atoms with Gasteiger partial charge in [-0.3, -0.25) is 0 Å². The van der Waals surface area contributed by atoms with Crippen molar-refractivity contribution < 1.29 is 52.6 Å². The molecule has 45 heavy (non-hydrogen) atoms. The van der Waals surface area contributed by atoms with Crippen LogP contribution in [0.1, 0.15) is 78.4 Å². The van der Waals surface area contributed by atoms with Crippen molar-refractivity contribution in [2.24, 2.45) is 0 Å². The van der Waals surface area contributed by atoms with Crippen molar-refractivity contribution in [1.29, 1.82) is 0 Å². The molecule has 1 spiro atoms. The van der Waals surface area contributed by atoms with Gasteiger partial charge < -0.3 is 43.2 Å². The monoisotopic (exact) mass is 629 g/mol. The zero-order chi connectivity index (χ0) is 32.5. The highest BCUT2D eigenvalue weighted by atomic mass is 16.8. The smallest absolute Gasteiger partial charge is 0.477 e. The molecule has 0 radical (unpaired) electrons. The third kappa shape index (κ3) is 5.19. The summed E-state index contributed by atoms with van der Waals surface area (Å²) in [5, 5.41) is 12.5. The minimum Gasteiger partial charge on any atom is -0.477 e. The van der Waals surface area contributed by atoms with Crippen LogP contribution in [0.2, 0.25) is 0 Å². The van der Waals surface area contributed by atoms with E-state index in [-0.39, 0.29) is 30.6 Å². The number of benzene rings is 1. The van der Waals surface area contributed by atoms with Crippen molar-refractivity contribution in [3.63, 3.8) is 0 Å². The van der Waals surface area contributed by atoms with Crippen LogP contribution in [0.5, 0.6) is 11.5 Å². The minimum atomic E-state index is -1.38. The normalized spacial score (nSPS) is 32.6. The molecule has 1 unspecified atom stereocenters. The summed E-state index contributed by atoms with van der Waals surface area (Å²) in [7, 11) is 1.99. The molecule has 5 aliphatic rings. The number of hydrogen-bond donors (Lipinski definition) is 1. The Morgan fingerprint density at radius 3 is 2.49 bits per heavy atom. The number of piperidine rings is 1. The van der Waals surface area contributed by atoms with Crippen LogP contribution < -0.4 is 9.47 Å². The first kappa shape index (κ1) is 31.8. The highest BCUT2D eigenvalue weighted by Gasteiger charge is 2.72. The quantitative estimate of drug-likeness (QED) is 0.204. The van der Waals surface area contributed by atoms with E-state index < -0.39 is 58.8 Å². The fourth-order valence-electron chi connectivity index (χ4n) is 7.55. The lowest BCUT2D eigenvalue weighted by Gasteiger charge is -2.61. The second-order valence-corrected chi connectivity index (χ2v) is 14.1. The average Bonchev–Trinajstić information content (AvgIpc) is 3.47. The van der Waals surface area contributed by atoms with Gasteiger partial charge in [-0.25, -0.2) is 14.4 Å². The Balaban J connectivity index is 1.33. The lowest BCUT2D eigenvalue weighted by molar-refractivity contribution is -0.178. The average molecular weight is 630 g/mol. The Morgan fingerprint density at radius 1 is 1.09 bits per heavy atom. The number of hydrogen-bond acceptors (Lipinski definition) is 12. The molecule has 12 nitrogen and oxygen atoms in total. The SMILES string of the molecule is CCCCOC(=O)C1OC(C)(C)O[C@H]1C(=O)OC1=CC[C@@]2(O)[C@H]3Cc4ccc(OC(=O)OC(C)(C)C)c5c4[C@@]2(CCN3C)[C@H]1O5. The molecular weight excluding hydrogens is 586 g/mol. The van der Waals surface area contributed by atoms with Gasteiger partial charge in [-0.2, -0.15) is 0 Å². The van der Waals surface area contributed by atoms with Crippen molar-refractivity contribution >= 4 is 18.1 Å². The molecule has 2 bridgehead atoms. The molecule has 0 saturated carbocycles. The molecule has 1 aromatic carbocycles. The van der Waals surface area contributed by atoms with Gasteiger partial charge in [-0.15, -0.1) is 0 Å². The topological polar surface area (TPSA) is 139 Å². The molecular formula is C33H43NO11. The van der Waals surface area contributed by atoms with Gasteiger partial charge >= 0.3 is 18.1 Å². The Labute approximate surface area is 262 Å². The number of rotatable bonds is 7. The summed E-state index contributed by atoms with van der Waals surface area (Å²) in [5.41, 5.74) is -1.31. The molecule has 2 fully saturated rings. The van der Waals surface area contributed by atoms with Gasteiger partial charge in [0.25, 0.3) is 0 Å². The Hall–Kier alpha value is -3.19. The van der Waals surface area contributed by atoms with E-state index in [1.165, 1.54) is 0 Å². The van der Waals surface area contributed by atoms with Gasteiger partial charge in [0.2, 0.25) is 0 Å². The maximum atomic E-state index is 13.7. The number of carbonyl (C=O) groups is 3. The van der Waals surface area contributed by atoms with Crippen molar-refractivity contribution in [3.8, 4) is 11.5 Å². The summed E-state index contributed by atoms with van der Waals surface area (Å²) in [5.74, 6) is -2.12. The highest BCUT2D eigenvalue weighted by Crippen LogP contribution is 2.65. The molecule has 246 valence electrons. The maximum absolute atomic E-state index is 13.7. The van der Waals surface area contributed by atoms with Crippen LogP contribution in [0.15, 0.2) is 24.0 Å². The predicted molar refractivity (Wildman–Crippen MR) is 158 cm³/mol. The summed E-state index contributed by atoms with van der Waals surface area (Å²) >= 11 is 0. The van der Waals surface area contributed by atoms with Gasteiger partial charge in [-0.05, 0) is 85.2 Å². The van der Waals surface area contributed by atoms with Gasteiger partial charge in [0.05, 0.1) is 17.6 Å². The molecule has 3 heterocycles.